The number of hydrogen-bond acceptors (Lipinski definition) is 8. The maximum Gasteiger partial charge on any atom is 0.497 e. The van der Waals surface area contributed by atoms with Gasteiger partial charge in [0.05, 0.1) is 20.5 Å². The summed E-state index contributed by atoms with van der Waals surface area (Å²) in [6.07, 6.45) is 18.8. The van der Waals surface area contributed by atoms with E-state index in [9.17, 15) is 28.0 Å². The van der Waals surface area contributed by atoms with Crippen LogP contribution in [0.2, 0.25) is 0 Å². The lowest BCUT2D eigenvalue weighted by atomic mass is 9.99. The molecule has 0 bridgehead atoms. The Kier molecular flexibility index (Phi) is 11.6. The molecule has 4 fully saturated rings. The van der Waals surface area contributed by atoms with Crippen LogP contribution in [0, 0.1) is 20.5 Å². The van der Waals surface area contributed by atoms with Crippen LogP contribution in [0.15, 0.2) is 0 Å². The molecule has 0 heterocycles. The van der Waals surface area contributed by atoms with E-state index < -0.39 is 41.6 Å². The smallest absolute Gasteiger partial charge is 0.183 e. The highest BCUT2D eigenvalue weighted by Gasteiger charge is 2.74. The summed E-state index contributed by atoms with van der Waals surface area (Å²) in [5.41, 5.74) is 0.103. The van der Waals surface area contributed by atoms with Gasteiger partial charge in [0.2, 0.25) is 0 Å². The quantitative estimate of drug-likeness (QED) is 0.269. The standard InChI is InChI=1S/C25H44Cl2O8P2/c28-26(29,30)34-25(35-27(31,32)33,36(21-13-5-1-6-14-21)22-15-7-2-8-16-22)37(23-17-9-3-10-18-23)24-19-11-4-12-20-24/h21-24H,1-20H2. The molecule has 4 saturated carbocycles. The molecule has 0 unspecified atom stereocenters. The normalized spacial score (nSPS) is 25.3. The van der Waals surface area contributed by atoms with Gasteiger partial charge in [-0.15, -0.1) is 0 Å². The van der Waals surface area contributed by atoms with Crippen molar-refractivity contribution in [2.45, 2.75) is 156 Å². The Hall–Kier alpha value is 1.12. The number of hydrogen-bond donors (Lipinski definition) is 0. The molecule has 0 saturated heterocycles. The fourth-order valence-corrected chi connectivity index (χ4v) is 20.1. The van der Waals surface area contributed by atoms with Gasteiger partial charge < -0.3 is 0 Å². The molecule has 0 aromatic rings. The molecule has 8 nitrogen and oxygen atoms in total. The molecule has 0 aromatic heterocycles. The predicted molar refractivity (Wildman–Crippen MR) is 126 cm³/mol. The van der Waals surface area contributed by atoms with Crippen LogP contribution in [0.25, 0.3) is 0 Å². The zero-order chi connectivity index (χ0) is 26.5. The molecule has 12 heteroatoms. The van der Waals surface area contributed by atoms with Crippen molar-refractivity contribution in [1.29, 1.82) is 0 Å². The summed E-state index contributed by atoms with van der Waals surface area (Å²) in [7, 11) is -13.1. The summed E-state index contributed by atoms with van der Waals surface area (Å²) in [5.74, 6) is 0. The van der Waals surface area contributed by atoms with Crippen LogP contribution in [0.3, 0.4) is 0 Å². The second-order valence-electron chi connectivity index (χ2n) is 11.4. The Bertz CT molecular complexity index is 589. The van der Waals surface area contributed by atoms with Crippen molar-refractivity contribution in [1.82, 2.24) is 0 Å². The number of halogens is 2. The van der Waals surface area contributed by atoms with E-state index in [1.807, 2.05) is 0 Å². The van der Waals surface area contributed by atoms with Crippen molar-refractivity contribution in [3.8, 4) is 0 Å². The first kappa shape index (κ1) is 31.1. The third-order valence-electron chi connectivity index (χ3n) is 8.91. The third kappa shape index (κ3) is 8.56. The summed E-state index contributed by atoms with van der Waals surface area (Å²) < 4.78 is 86.2. The van der Waals surface area contributed by atoms with E-state index >= 15 is 0 Å². The van der Waals surface area contributed by atoms with Crippen molar-refractivity contribution in [3.05, 3.63) is 0 Å². The molecule has 4 rings (SSSR count). The van der Waals surface area contributed by atoms with Crippen LogP contribution in [-0.2, 0) is 8.58 Å². The van der Waals surface area contributed by atoms with Crippen molar-refractivity contribution >= 4 is 15.8 Å². The van der Waals surface area contributed by atoms with E-state index in [1.54, 1.807) is 0 Å². The lowest BCUT2D eigenvalue weighted by Gasteiger charge is -2.49. The lowest BCUT2D eigenvalue weighted by molar-refractivity contribution is -1.94. The second kappa shape index (κ2) is 13.9. The molecule has 0 amide bonds. The van der Waals surface area contributed by atoms with Gasteiger partial charge in [0.1, 0.15) is 8.58 Å². The van der Waals surface area contributed by atoms with Gasteiger partial charge in [-0.25, -0.2) is 0 Å². The molecule has 0 aromatic carbocycles. The molecular weight excluding hydrogens is 561 g/mol. The molecule has 0 spiro atoms. The molecule has 0 aliphatic heterocycles. The average molecular weight is 605 g/mol. The van der Waals surface area contributed by atoms with Gasteiger partial charge in [0.15, 0.2) is 0 Å². The third-order valence-corrected chi connectivity index (χ3v) is 18.4. The maximum absolute atomic E-state index is 12.5. The highest BCUT2D eigenvalue weighted by Crippen LogP contribution is 2.80. The molecule has 0 atom stereocenters. The minimum Gasteiger partial charge on any atom is -0.183 e. The van der Waals surface area contributed by atoms with Gasteiger partial charge in [-0.1, -0.05) is 77.0 Å². The van der Waals surface area contributed by atoms with Gasteiger partial charge in [-0.2, -0.15) is 28.0 Å². The molecule has 4 aliphatic carbocycles. The molecule has 4 aliphatic rings. The van der Waals surface area contributed by atoms with E-state index in [2.05, 4.69) is 0 Å². The van der Waals surface area contributed by atoms with Crippen LogP contribution in [-0.4, -0.2) is 27.9 Å². The fourth-order valence-electron chi connectivity index (χ4n) is 7.51. The lowest BCUT2D eigenvalue weighted by Crippen LogP contribution is -2.70. The molecule has 0 N–H and O–H groups in total. The summed E-state index contributed by atoms with van der Waals surface area (Å²) >= 11 is 0. The summed E-state index contributed by atoms with van der Waals surface area (Å²) in [6.45, 7) is 0. The van der Waals surface area contributed by atoms with Crippen molar-refractivity contribution < 1.29 is 57.0 Å². The van der Waals surface area contributed by atoms with E-state index in [1.165, 1.54) is 0 Å². The average Bonchev–Trinajstić information content (AvgIpc) is 2.85. The Labute approximate surface area is 228 Å². The molecule has 0 radical (unpaired) electrons. The Balaban J connectivity index is 1.90. The molecule has 37 heavy (non-hydrogen) atoms. The van der Waals surface area contributed by atoms with Crippen molar-refractivity contribution in [2.24, 2.45) is 0 Å². The first-order chi connectivity index (χ1) is 17.6. The van der Waals surface area contributed by atoms with Gasteiger partial charge >= 0.3 is 5.27 Å². The number of rotatable bonds is 10. The fraction of sp³-hybridized carbons (Fsp3) is 1.00. The summed E-state index contributed by atoms with van der Waals surface area (Å²) in [5, 5.41) is -2.16. The second-order valence-corrected chi connectivity index (χ2v) is 19.3. The van der Waals surface area contributed by atoms with Crippen LogP contribution < -0.4 is 28.0 Å². The largest absolute Gasteiger partial charge is 0.497 e. The van der Waals surface area contributed by atoms with E-state index in [0.29, 0.717) is 0 Å². The Morgan fingerprint density at radius 1 is 0.405 bits per heavy atom. The zero-order valence-electron chi connectivity index (χ0n) is 21.9. The minimum atomic E-state index is -5.01. The van der Waals surface area contributed by atoms with Crippen LogP contribution >= 0.6 is 15.8 Å². The van der Waals surface area contributed by atoms with Gasteiger partial charge in [-0.3, -0.25) is 0 Å². The molecule has 216 valence electrons. The van der Waals surface area contributed by atoms with Crippen molar-refractivity contribution in [3.63, 3.8) is 0 Å². The minimum absolute atomic E-state index is 0.0259. The van der Waals surface area contributed by atoms with E-state index in [4.69, 9.17) is 8.58 Å². The first-order valence-electron chi connectivity index (χ1n) is 14.4. The van der Waals surface area contributed by atoms with E-state index in [-0.39, 0.29) is 22.6 Å². The highest BCUT2D eigenvalue weighted by atomic mass is 35.7. The van der Waals surface area contributed by atoms with Gasteiger partial charge in [-0.05, 0) is 74.0 Å². The first-order valence-corrected chi connectivity index (χ1v) is 19.8. The zero-order valence-corrected chi connectivity index (χ0v) is 25.2. The predicted octanol–water partition coefficient (Wildman–Crippen LogP) is 1.72. The Morgan fingerprint density at radius 2 is 0.622 bits per heavy atom. The van der Waals surface area contributed by atoms with Crippen LogP contribution in [0.1, 0.15) is 128 Å². The monoisotopic (exact) mass is 604 g/mol. The van der Waals surface area contributed by atoms with Crippen LogP contribution in [0.4, 0.5) is 0 Å². The maximum atomic E-state index is 12.5. The van der Waals surface area contributed by atoms with E-state index in [0.717, 1.165) is 128 Å². The summed E-state index contributed by atoms with van der Waals surface area (Å²) in [6, 6.07) is 0. The Morgan fingerprint density at radius 3 is 0.811 bits per heavy atom. The van der Waals surface area contributed by atoms with Crippen molar-refractivity contribution in [2.75, 3.05) is 0 Å². The highest BCUT2D eigenvalue weighted by molar-refractivity contribution is 7.78. The molecular formula is C25H44Cl2O8P2. The van der Waals surface area contributed by atoms with Crippen LogP contribution in [0.5, 0.6) is 0 Å². The summed E-state index contributed by atoms with van der Waals surface area (Å²) in [4.78, 5) is 0. The topological polar surface area (TPSA) is 157 Å². The van der Waals surface area contributed by atoms with Gasteiger partial charge in [0, 0.05) is 15.8 Å². The SMILES string of the molecule is [O-][Cl+3]([O-])([O-])OC(O[Cl+3]([O-])([O-])[O-])(P(C1CCCCC1)C1CCCCC1)P(C1CCCCC1)C1CCCCC1. The van der Waals surface area contributed by atoms with Gasteiger partial charge in [0.25, 0.3) is 0 Å².